The number of hydrogen-bond acceptors (Lipinski definition) is 7. The second-order valence-electron chi connectivity index (χ2n) is 6.22. The fraction of sp³-hybridized carbons (Fsp3) is 0.400. The summed E-state index contributed by atoms with van der Waals surface area (Å²) in [6.45, 7) is 2.18. The number of aromatic hydroxyl groups is 1. The third kappa shape index (κ3) is 6.35. The smallest absolute Gasteiger partial charge is 0.268 e. The zero-order valence-corrected chi connectivity index (χ0v) is 16.9. The minimum atomic E-state index is -0.555. The summed E-state index contributed by atoms with van der Waals surface area (Å²) in [5, 5.41) is 30.9. The second-order valence-corrected chi connectivity index (χ2v) is 7.28. The number of ether oxygens (including phenoxy) is 1. The molecule has 0 aliphatic heterocycles. The van der Waals surface area contributed by atoms with Crippen molar-refractivity contribution in [2.45, 2.75) is 45.4 Å². The Morgan fingerprint density at radius 1 is 1.32 bits per heavy atom. The highest BCUT2D eigenvalue weighted by Gasteiger charge is 2.13. The molecule has 1 heterocycles. The molecular weight excluding hydrogens is 376 g/mol. The van der Waals surface area contributed by atoms with Gasteiger partial charge in [0.25, 0.3) is 5.91 Å². The van der Waals surface area contributed by atoms with Crippen molar-refractivity contribution >= 4 is 28.5 Å². The fourth-order valence-corrected chi connectivity index (χ4v) is 3.33. The first-order chi connectivity index (χ1) is 13.6. The van der Waals surface area contributed by atoms with Gasteiger partial charge in [0, 0.05) is 6.42 Å². The van der Waals surface area contributed by atoms with Crippen molar-refractivity contribution in [2.24, 2.45) is 0 Å². The van der Waals surface area contributed by atoms with Crippen molar-refractivity contribution < 1.29 is 14.6 Å². The zero-order valence-electron chi connectivity index (χ0n) is 16.1. The third-order valence-electron chi connectivity index (χ3n) is 4.06. The predicted octanol–water partition coefficient (Wildman–Crippen LogP) is 4.31. The third-order valence-corrected chi connectivity index (χ3v) is 4.96. The summed E-state index contributed by atoms with van der Waals surface area (Å²) >= 11 is 1.32. The molecule has 148 valence electrons. The summed E-state index contributed by atoms with van der Waals surface area (Å²) in [5.41, 5.74) is 0.482. The summed E-state index contributed by atoms with van der Waals surface area (Å²) < 4.78 is 5.03. The molecular formula is C20H24N4O3S. The summed E-state index contributed by atoms with van der Waals surface area (Å²) in [4.78, 5) is 12.4. The topological polar surface area (TPSA) is 108 Å². The van der Waals surface area contributed by atoms with Crippen LogP contribution in [0.1, 0.15) is 49.6 Å². The number of rotatable bonds is 10. The van der Waals surface area contributed by atoms with Crippen LogP contribution in [0.2, 0.25) is 0 Å². The number of carbonyl (C=O) groups excluding carboxylic acids is 1. The van der Waals surface area contributed by atoms with Crippen LogP contribution >= 0.6 is 11.3 Å². The van der Waals surface area contributed by atoms with E-state index in [2.05, 4.69) is 22.4 Å². The Morgan fingerprint density at radius 3 is 2.82 bits per heavy atom. The molecule has 1 aromatic carbocycles. The van der Waals surface area contributed by atoms with E-state index >= 15 is 0 Å². The van der Waals surface area contributed by atoms with E-state index in [0.29, 0.717) is 10.7 Å². The van der Waals surface area contributed by atoms with E-state index in [4.69, 9.17) is 4.74 Å². The van der Waals surface area contributed by atoms with E-state index in [1.165, 1.54) is 49.9 Å². The van der Waals surface area contributed by atoms with Gasteiger partial charge in [0.1, 0.15) is 16.6 Å². The summed E-state index contributed by atoms with van der Waals surface area (Å²) in [6, 6.07) is 6.46. The molecule has 0 spiro atoms. The van der Waals surface area contributed by atoms with Crippen LogP contribution in [0.25, 0.3) is 6.08 Å². The molecule has 8 heteroatoms. The molecule has 0 aliphatic rings. The number of nitrogens with one attached hydrogen (secondary N) is 1. The molecule has 2 N–H and O–H groups in total. The largest absolute Gasteiger partial charge is 0.504 e. The number of aryl methyl sites for hydroxylation is 1. The number of nitrogens with zero attached hydrogens (tertiary/aromatic N) is 3. The molecule has 0 radical (unpaired) electrons. The average Bonchev–Trinajstić information content (AvgIpc) is 3.14. The molecule has 0 unspecified atom stereocenters. The Labute approximate surface area is 168 Å². The lowest BCUT2D eigenvalue weighted by molar-refractivity contribution is -0.112. The Kier molecular flexibility index (Phi) is 8.43. The van der Waals surface area contributed by atoms with Gasteiger partial charge in [0.05, 0.1) is 7.11 Å². The first-order valence-corrected chi connectivity index (χ1v) is 10.0. The van der Waals surface area contributed by atoms with Crippen molar-refractivity contribution in [3.8, 4) is 17.6 Å². The first kappa shape index (κ1) is 21.4. The van der Waals surface area contributed by atoms with Gasteiger partial charge in [-0.3, -0.25) is 10.1 Å². The molecule has 0 saturated carbocycles. The van der Waals surface area contributed by atoms with Crippen LogP contribution < -0.4 is 10.1 Å². The van der Waals surface area contributed by atoms with E-state index in [9.17, 15) is 15.2 Å². The van der Waals surface area contributed by atoms with E-state index in [1.807, 2.05) is 6.07 Å². The molecule has 2 aromatic rings. The van der Waals surface area contributed by atoms with E-state index in [1.54, 1.807) is 12.1 Å². The Bertz CT molecular complexity index is 871. The lowest BCUT2D eigenvalue weighted by Crippen LogP contribution is -2.13. The highest BCUT2D eigenvalue weighted by Crippen LogP contribution is 2.27. The Morgan fingerprint density at radius 2 is 2.11 bits per heavy atom. The van der Waals surface area contributed by atoms with Gasteiger partial charge in [-0.1, -0.05) is 50.0 Å². The Hall–Kier alpha value is -2.92. The molecule has 1 aromatic heterocycles. The maximum atomic E-state index is 12.4. The van der Waals surface area contributed by atoms with Crippen molar-refractivity contribution in [3.05, 3.63) is 34.3 Å². The number of benzene rings is 1. The van der Waals surface area contributed by atoms with Crippen LogP contribution in [0.15, 0.2) is 23.8 Å². The van der Waals surface area contributed by atoms with Gasteiger partial charge in [-0.15, -0.1) is 10.2 Å². The number of phenols is 1. The highest BCUT2D eigenvalue weighted by molar-refractivity contribution is 7.15. The fourth-order valence-electron chi connectivity index (χ4n) is 2.55. The molecule has 0 aliphatic carbocycles. The monoisotopic (exact) mass is 400 g/mol. The van der Waals surface area contributed by atoms with E-state index < -0.39 is 5.91 Å². The quantitative estimate of drug-likeness (QED) is 0.349. The Balaban J connectivity index is 1.98. The summed E-state index contributed by atoms with van der Waals surface area (Å²) in [5.74, 6) is -0.307. The summed E-state index contributed by atoms with van der Waals surface area (Å²) in [7, 11) is 1.43. The highest BCUT2D eigenvalue weighted by atomic mass is 32.1. The lowest BCUT2D eigenvalue weighted by Gasteiger charge is -2.04. The first-order valence-electron chi connectivity index (χ1n) is 9.20. The van der Waals surface area contributed by atoms with Gasteiger partial charge in [-0.2, -0.15) is 5.26 Å². The molecule has 0 saturated heterocycles. The maximum Gasteiger partial charge on any atom is 0.268 e. The number of unbranched alkanes of at least 4 members (excludes halogenated alkanes) is 4. The van der Waals surface area contributed by atoms with Crippen LogP contribution in [0.4, 0.5) is 5.13 Å². The average molecular weight is 401 g/mol. The molecule has 28 heavy (non-hydrogen) atoms. The van der Waals surface area contributed by atoms with Crippen LogP contribution in [-0.4, -0.2) is 28.3 Å². The minimum Gasteiger partial charge on any atom is -0.504 e. The lowest BCUT2D eigenvalue weighted by atomic mass is 10.1. The number of nitriles is 1. The van der Waals surface area contributed by atoms with E-state index in [0.717, 1.165) is 24.3 Å². The number of carbonyl (C=O) groups is 1. The standard InChI is InChI=1S/C20H24N4O3S/c1-3-4-5-6-7-8-18-23-24-20(28-18)22-19(26)15(13-21)11-14-9-10-16(25)17(12-14)27-2/h9-12,25H,3-8H2,1-2H3,(H,22,24,26)/b15-11-. The van der Waals surface area contributed by atoms with Crippen molar-refractivity contribution in [1.29, 1.82) is 5.26 Å². The molecule has 7 nitrogen and oxygen atoms in total. The number of hydrogen-bond donors (Lipinski definition) is 2. The number of amides is 1. The second kappa shape index (κ2) is 11.0. The van der Waals surface area contributed by atoms with Gasteiger partial charge in [0.2, 0.25) is 5.13 Å². The van der Waals surface area contributed by atoms with Gasteiger partial charge in [0.15, 0.2) is 11.5 Å². The van der Waals surface area contributed by atoms with Crippen LogP contribution in [0, 0.1) is 11.3 Å². The van der Waals surface area contributed by atoms with Crippen molar-refractivity contribution in [3.63, 3.8) is 0 Å². The number of aromatic nitrogens is 2. The molecule has 0 fully saturated rings. The number of anilines is 1. The van der Waals surface area contributed by atoms with Crippen LogP contribution in [0.3, 0.4) is 0 Å². The van der Waals surface area contributed by atoms with Gasteiger partial charge < -0.3 is 9.84 Å². The van der Waals surface area contributed by atoms with Gasteiger partial charge in [-0.05, 0) is 30.2 Å². The van der Waals surface area contributed by atoms with Crippen LogP contribution in [0.5, 0.6) is 11.5 Å². The van der Waals surface area contributed by atoms with Crippen LogP contribution in [-0.2, 0) is 11.2 Å². The van der Waals surface area contributed by atoms with E-state index in [-0.39, 0.29) is 17.1 Å². The predicted molar refractivity (Wildman–Crippen MR) is 109 cm³/mol. The number of methoxy groups -OCH3 is 1. The number of phenolic OH excluding ortho intramolecular Hbond substituents is 1. The summed E-state index contributed by atoms with van der Waals surface area (Å²) in [6.07, 6.45) is 8.14. The SMILES string of the molecule is CCCCCCCc1nnc(NC(=O)/C(C#N)=C\c2ccc(O)c(OC)c2)s1. The van der Waals surface area contributed by atoms with Crippen molar-refractivity contribution in [1.82, 2.24) is 10.2 Å². The molecule has 0 atom stereocenters. The normalized spacial score (nSPS) is 11.1. The van der Waals surface area contributed by atoms with Gasteiger partial charge in [-0.25, -0.2) is 0 Å². The van der Waals surface area contributed by atoms with Gasteiger partial charge >= 0.3 is 0 Å². The minimum absolute atomic E-state index is 0.0151. The zero-order chi connectivity index (χ0) is 20.4. The molecule has 2 rings (SSSR count). The molecule has 0 bridgehead atoms. The molecule has 1 amide bonds. The van der Waals surface area contributed by atoms with Crippen molar-refractivity contribution in [2.75, 3.05) is 12.4 Å². The maximum absolute atomic E-state index is 12.4.